The van der Waals surface area contributed by atoms with Crippen molar-refractivity contribution in [2.75, 3.05) is 17.2 Å². The number of benzene rings is 1. The van der Waals surface area contributed by atoms with Crippen LogP contribution in [0.5, 0.6) is 0 Å². The van der Waals surface area contributed by atoms with Gasteiger partial charge in [-0.1, -0.05) is 25.4 Å². The molecular weight excluding hydrogens is 303 g/mol. The Balaban J connectivity index is 2.10. The van der Waals surface area contributed by atoms with Crippen molar-refractivity contribution in [3.63, 3.8) is 0 Å². The van der Waals surface area contributed by atoms with Crippen molar-refractivity contribution in [1.29, 1.82) is 0 Å². The first-order valence-electron chi connectivity index (χ1n) is 7.25. The Morgan fingerprint density at radius 2 is 1.91 bits per heavy atom. The molecule has 0 aliphatic heterocycles. The van der Waals surface area contributed by atoms with Gasteiger partial charge in [-0.25, -0.2) is 14.4 Å². The highest BCUT2D eigenvalue weighted by Crippen LogP contribution is 2.23. The quantitative estimate of drug-likeness (QED) is 0.803. The molecule has 0 amide bonds. The lowest BCUT2D eigenvalue weighted by Crippen LogP contribution is -2.08. The van der Waals surface area contributed by atoms with Gasteiger partial charge in [-0.2, -0.15) is 0 Å². The zero-order chi connectivity index (χ0) is 16.1. The predicted molar refractivity (Wildman–Crippen MR) is 89.4 cm³/mol. The van der Waals surface area contributed by atoms with E-state index in [1.807, 2.05) is 13.0 Å². The maximum absolute atomic E-state index is 13.2. The van der Waals surface area contributed by atoms with E-state index in [-0.39, 0.29) is 5.02 Å². The van der Waals surface area contributed by atoms with Crippen LogP contribution in [0.2, 0.25) is 5.02 Å². The van der Waals surface area contributed by atoms with E-state index in [0.29, 0.717) is 23.2 Å². The van der Waals surface area contributed by atoms with E-state index >= 15 is 0 Å². The van der Waals surface area contributed by atoms with Gasteiger partial charge in [-0.15, -0.1) is 0 Å². The lowest BCUT2D eigenvalue weighted by molar-refractivity contribution is 0.606. The molecule has 0 aliphatic carbocycles. The molecule has 1 heterocycles. The maximum atomic E-state index is 13.2. The molecule has 4 nitrogen and oxygen atoms in total. The highest BCUT2D eigenvalue weighted by atomic mass is 35.5. The maximum Gasteiger partial charge on any atom is 0.141 e. The molecule has 0 saturated heterocycles. The SMILES string of the molecule is Cc1nc(NCCC(C)C)cc(Nc2ccc(F)c(Cl)c2)n1. The fourth-order valence-electron chi connectivity index (χ4n) is 1.93. The molecule has 2 aromatic rings. The molecular formula is C16H20ClFN4. The number of aryl methyl sites for hydroxylation is 1. The normalized spacial score (nSPS) is 10.8. The van der Waals surface area contributed by atoms with Crippen LogP contribution in [0.25, 0.3) is 0 Å². The van der Waals surface area contributed by atoms with Crippen LogP contribution < -0.4 is 10.6 Å². The molecule has 0 radical (unpaired) electrons. The first-order valence-corrected chi connectivity index (χ1v) is 7.63. The van der Waals surface area contributed by atoms with Crippen LogP contribution in [0.15, 0.2) is 24.3 Å². The summed E-state index contributed by atoms with van der Waals surface area (Å²) in [5, 5.41) is 6.47. The molecule has 22 heavy (non-hydrogen) atoms. The summed E-state index contributed by atoms with van der Waals surface area (Å²) in [5.74, 6) is 2.26. The summed E-state index contributed by atoms with van der Waals surface area (Å²) in [7, 11) is 0. The van der Waals surface area contributed by atoms with Crippen LogP contribution in [0.4, 0.5) is 21.7 Å². The fourth-order valence-corrected chi connectivity index (χ4v) is 2.11. The lowest BCUT2D eigenvalue weighted by Gasteiger charge is -2.11. The minimum Gasteiger partial charge on any atom is -0.370 e. The van der Waals surface area contributed by atoms with E-state index in [1.165, 1.54) is 12.1 Å². The predicted octanol–water partition coefficient (Wildman–Crippen LogP) is 4.78. The molecule has 0 atom stereocenters. The van der Waals surface area contributed by atoms with Gasteiger partial charge in [-0.05, 0) is 37.5 Å². The second-order valence-corrected chi connectivity index (χ2v) is 5.96. The van der Waals surface area contributed by atoms with Gasteiger partial charge < -0.3 is 10.6 Å². The Morgan fingerprint density at radius 1 is 1.18 bits per heavy atom. The zero-order valence-electron chi connectivity index (χ0n) is 13.0. The number of aromatic nitrogens is 2. The number of halogens is 2. The highest BCUT2D eigenvalue weighted by molar-refractivity contribution is 6.31. The van der Waals surface area contributed by atoms with Gasteiger partial charge in [0.15, 0.2) is 0 Å². The second kappa shape index (κ2) is 7.40. The third-order valence-corrected chi connectivity index (χ3v) is 3.35. The largest absolute Gasteiger partial charge is 0.370 e. The topological polar surface area (TPSA) is 49.8 Å². The third-order valence-electron chi connectivity index (χ3n) is 3.06. The Hall–Kier alpha value is -1.88. The van der Waals surface area contributed by atoms with Gasteiger partial charge in [0.2, 0.25) is 0 Å². The Labute approximate surface area is 135 Å². The summed E-state index contributed by atoms with van der Waals surface area (Å²) in [6.07, 6.45) is 1.07. The minimum absolute atomic E-state index is 0.0751. The van der Waals surface area contributed by atoms with Gasteiger partial charge >= 0.3 is 0 Å². The summed E-state index contributed by atoms with van der Waals surface area (Å²) in [4.78, 5) is 8.68. The monoisotopic (exact) mass is 322 g/mol. The Kier molecular flexibility index (Phi) is 5.55. The van der Waals surface area contributed by atoms with Gasteiger partial charge in [-0.3, -0.25) is 0 Å². The van der Waals surface area contributed by atoms with Gasteiger partial charge in [0.25, 0.3) is 0 Å². The fraction of sp³-hybridized carbons (Fsp3) is 0.375. The van der Waals surface area contributed by atoms with Crippen LogP contribution in [0.1, 0.15) is 26.1 Å². The van der Waals surface area contributed by atoms with Crippen LogP contribution in [-0.4, -0.2) is 16.5 Å². The number of anilines is 3. The van der Waals surface area contributed by atoms with Gasteiger partial charge in [0, 0.05) is 18.3 Å². The lowest BCUT2D eigenvalue weighted by atomic mass is 10.1. The van der Waals surface area contributed by atoms with E-state index in [1.54, 1.807) is 6.07 Å². The summed E-state index contributed by atoms with van der Waals surface area (Å²) in [5.41, 5.74) is 0.678. The molecule has 0 aliphatic rings. The van der Waals surface area contributed by atoms with E-state index in [0.717, 1.165) is 18.8 Å². The number of nitrogens with one attached hydrogen (secondary N) is 2. The van der Waals surface area contributed by atoms with E-state index in [2.05, 4.69) is 34.4 Å². The molecule has 6 heteroatoms. The van der Waals surface area contributed by atoms with Crippen molar-refractivity contribution in [3.05, 3.63) is 40.9 Å². The average Bonchev–Trinajstić information content (AvgIpc) is 2.42. The molecule has 2 N–H and O–H groups in total. The van der Waals surface area contributed by atoms with Crippen LogP contribution in [0, 0.1) is 18.7 Å². The summed E-state index contributed by atoms with van der Waals surface area (Å²) in [6, 6.07) is 6.29. The minimum atomic E-state index is -0.442. The van der Waals surface area contributed by atoms with Crippen molar-refractivity contribution >= 4 is 28.9 Å². The van der Waals surface area contributed by atoms with Crippen molar-refractivity contribution in [2.45, 2.75) is 27.2 Å². The summed E-state index contributed by atoms with van der Waals surface area (Å²) >= 11 is 5.78. The molecule has 0 bridgehead atoms. The number of hydrogen-bond acceptors (Lipinski definition) is 4. The molecule has 0 fully saturated rings. The first-order chi connectivity index (χ1) is 10.4. The Morgan fingerprint density at radius 3 is 2.59 bits per heavy atom. The molecule has 118 valence electrons. The van der Waals surface area contributed by atoms with E-state index in [9.17, 15) is 4.39 Å². The second-order valence-electron chi connectivity index (χ2n) is 5.55. The standard InChI is InChI=1S/C16H20ClFN4/c1-10(2)6-7-19-15-9-16(21-11(3)20-15)22-12-4-5-14(18)13(17)8-12/h4-5,8-10H,6-7H2,1-3H3,(H2,19,20,21,22). The summed E-state index contributed by atoms with van der Waals surface area (Å²) < 4.78 is 13.2. The van der Waals surface area contributed by atoms with Crippen LogP contribution >= 0.6 is 11.6 Å². The van der Waals surface area contributed by atoms with Crippen LogP contribution in [-0.2, 0) is 0 Å². The van der Waals surface area contributed by atoms with Gasteiger partial charge in [0.05, 0.1) is 5.02 Å². The number of rotatable bonds is 6. The molecule has 1 aromatic heterocycles. The van der Waals surface area contributed by atoms with Gasteiger partial charge in [0.1, 0.15) is 23.3 Å². The van der Waals surface area contributed by atoms with Crippen molar-refractivity contribution in [1.82, 2.24) is 9.97 Å². The molecule has 2 rings (SSSR count). The Bertz CT molecular complexity index is 646. The smallest absolute Gasteiger partial charge is 0.141 e. The van der Waals surface area contributed by atoms with Crippen molar-refractivity contribution < 1.29 is 4.39 Å². The molecule has 0 spiro atoms. The molecule has 0 saturated carbocycles. The zero-order valence-corrected chi connectivity index (χ0v) is 13.7. The number of hydrogen-bond donors (Lipinski definition) is 2. The third kappa shape index (κ3) is 4.84. The highest BCUT2D eigenvalue weighted by Gasteiger charge is 2.05. The van der Waals surface area contributed by atoms with Crippen molar-refractivity contribution in [2.24, 2.45) is 5.92 Å². The van der Waals surface area contributed by atoms with Crippen molar-refractivity contribution in [3.8, 4) is 0 Å². The van der Waals surface area contributed by atoms with E-state index in [4.69, 9.17) is 11.6 Å². The van der Waals surface area contributed by atoms with E-state index < -0.39 is 5.82 Å². The number of nitrogens with zero attached hydrogens (tertiary/aromatic N) is 2. The molecule has 1 aromatic carbocycles. The first kappa shape index (κ1) is 16.5. The summed E-state index contributed by atoms with van der Waals surface area (Å²) in [6.45, 7) is 7.04. The van der Waals surface area contributed by atoms with Crippen LogP contribution in [0.3, 0.4) is 0 Å². The average molecular weight is 323 g/mol. The molecule has 0 unspecified atom stereocenters.